The van der Waals surface area contributed by atoms with Gasteiger partial charge in [-0.1, -0.05) is 18.2 Å². The van der Waals surface area contributed by atoms with Crippen LogP contribution in [0.5, 0.6) is 0 Å². The quantitative estimate of drug-likeness (QED) is 0.869. The van der Waals surface area contributed by atoms with Gasteiger partial charge in [0.1, 0.15) is 6.54 Å². The first-order valence-corrected chi connectivity index (χ1v) is 6.74. The first kappa shape index (κ1) is 13.3. The number of anilines is 1. The molecule has 0 saturated heterocycles. The summed E-state index contributed by atoms with van der Waals surface area (Å²) in [6.45, 7) is 2.24. The van der Waals surface area contributed by atoms with Gasteiger partial charge in [0.25, 0.3) is 5.91 Å². The molecule has 2 heterocycles. The standard InChI is InChI=1S/C16H15N3O2/c1-11-13(6-4-8-17-11)16(21)19-9-12-5-2-3-7-14(12)18-15(20)10-19/h2-8H,9-10H2,1H3,(H,18,20). The lowest BCUT2D eigenvalue weighted by Gasteiger charge is -2.20. The summed E-state index contributed by atoms with van der Waals surface area (Å²) < 4.78 is 0. The van der Waals surface area contributed by atoms with E-state index in [0.717, 1.165) is 11.3 Å². The molecule has 0 fully saturated rings. The van der Waals surface area contributed by atoms with Crippen LogP contribution in [-0.4, -0.2) is 28.2 Å². The zero-order valence-corrected chi connectivity index (χ0v) is 11.7. The van der Waals surface area contributed by atoms with E-state index >= 15 is 0 Å². The molecular formula is C16H15N3O2. The van der Waals surface area contributed by atoms with Crippen LogP contribution in [0.2, 0.25) is 0 Å². The van der Waals surface area contributed by atoms with E-state index in [2.05, 4.69) is 10.3 Å². The molecule has 0 aliphatic carbocycles. The lowest BCUT2D eigenvalue weighted by atomic mass is 10.1. The highest BCUT2D eigenvalue weighted by molar-refractivity contribution is 6.01. The van der Waals surface area contributed by atoms with Gasteiger partial charge in [0, 0.05) is 24.1 Å². The molecule has 1 aliphatic rings. The van der Waals surface area contributed by atoms with Gasteiger partial charge in [-0.25, -0.2) is 0 Å². The van der Waals surface area contributed by atoms with E-state index in [1.165, 1.54) is 0 Å². The van der Waals surface area contributed by atoms with Crippen LogP contribution in [0.4, 0.5) is 5.69 Å². The number of benzene rings is 1. The average Bonchev–Trinajstić information content (AvgIpc) is 2.65. The van der Waals surface area contributed by atoms with Crippen LogP contribution >= 0.6 is 0 Å². The van der Waals surface area contributed by atoms with Crippen molar-refractivity contribution in [1.82, 2.24) is 9.88 Å². The lowest BCUT2D eigenvalue weighted by Crippen LogP contribution is -2.35. The molecule has 5 heteroatoms. The normalized spacial score (nSPS) is 14.1. The Hall–Kier alpha value is -2.69. The molecule has 106 valence electrons. The summed E-state index contributed by atoms with van der Waals surface area (Å²) in [5.74, 6) is -0.359. The minimum atomic E-state index is -0.185. The molecule has 1 aromatic heterocycles. The molecule has 2 amide bonds. The first-order valence-electron chi connectivity index (χ1n) is 6.74. The van der Waals surface area contributed by atoms with Crippen LogP contribution in [0.1, 0.15) is 21.6 Å². The summed E-state index contributed by atoms with van der Waals surface area (Å²) in [6.07, 6.45) is 1.65. The summed E-state index contributed by atoms with van der Waals surface area (Å²) in [7, 11) is 0. The Morgan fingerprint density at radius 3 is 2.81 bits per heavy atom. The molecule has 0 bridgehead atoms. The van der Waals surface area contributed by atoms with Crippen molar-refractivity contribution in [2.45, 2.75) is 13.5 Å². The van der Waals surface area contributed by atoms with Crippen LogP contribution in [-0.2, 0) is 11.3 Å². The number of amides is 2. The Morgan fingerprint density at radius 1 is 1.19 bits per heavy atom. The van der Waals surface area contributed by atoms with Crippen LogP contribution in [0.25, 0.3) is 0 Å². The molecule has 0 unspecified atom stereocenters. The lowest BCUT2D eigenvalue weighted by molar-refractivity contribution is -0.116. The molecule has 0 saturated carbocycles. The second-order valence-corrected chi connectivity index (χ2v) is 5.00. The van der Waals surface area contributed by atoms with Gasteiger partial charge in [-0.2, -0.15) is 0 Å². The number of aromatic nitrogens is 1. The fourth-order valence-electron chi connectivity index (χ4n) is 2.43. The summed E-state index contributed by atoms with van der Waals surface area (Å²) >= 11 is 0. The largest absolute Gasteiger partial charge is 0.325 e. The third-order valence-corrected chi connectivity index (χ3v) is 3.51. The van der Waals surface area contributed by atoms with Crippen LogP contribution in [0.15, 0.2) is 42.6 Å². The SMILES string of the molecule is Cc1ncccc1C(=O)N1CC(=O)Nc2ccccc2C1. The third kappa shape index (κ3) is 2.63. The van der Waals surface area contributed by atoms with Gasteiger partial charge >= 0.3 is 0 Å². The Labute approximate surface area is 122 Å². The number of rotatable bonds is 1. The van der Waals surface area contributed by atoms with E-state index in [1.54, 1.807) is 30.2 Å². The van der Waals surface area contributed by atoms with Crippen molar-refractivity contribution in [3.63, 3.8) is 0 Å². The van der Waals surface area contributed by atoms with E-state index in [-0.39, 0.29) is 18.4 Å². The molecule has 0 atom stereocenters. The van der Waals surface area contributed by atoms with E-state index in [0.29, 0.717) is 17.8 Å². The van der Waals surface area contributed by atoms with Crippen molar-refractivity contribution in [3.8, 4) is 0 Å². The number of para-hydroxylation sites is 1. The number of aryl methyl sites for hydroxylation is 1. The predicted octanol–water partition coefficient (Wildman–Crippen LogP) is 1.98. The number of hydrogen-bond acceptors (Lipinski definition) is 3. The minimum absolute atomic E-state index is 0.0435. The number of hydrogen-bond donors (Lipinski definition) is 1. The molecule has 3 rings (SSSR count). The first-order chi connectivity index (χ1) is 10.1. The molecule has 0 radical (unpaired) electrons. The number of fused-ring (bicyclic) bond motifs is 1. The van der Waals surface area contributed by atoms with Gasteiger partial charge in [0.05, 0.1) is 5.56 Å². The highest BCUT2D eigenvalue weighted by atomic mass is 16.2. The zero-order chi connectivity index (χ0) is 14.8. The van der Waals surface area contributed by atoms with Crippen LogP contribution in [0, 0.1) is 6.92 Å². The van der Waals surface area contributed by atoms with Crippen LogP contribution in [0.3, 0.4) is 0 Å². The van der Waals surface area contributed by atoms with Crippen molar-refractivity contribution in [2.24, 2.45) is 0 Å². The van der Waals surface area contributed by atoms with Crippen LogP contribution < -0.4 is 5.32 Å². The van der Waals surface area contributed by atoms with Crippen molar-refractivity contribution < 1.29 is 9.59 Å². The monoisotopic (exact) mass is 281 g/mol. The molecule has 0 spiro atoms. The maximum absolute atomic E-state index is 12.6. The summed E-state index contributed by atoms with van der Waals surface area (Å²) in [5.41, 5.74) is 2.89. The Balaban J connectivity index is 1.94. The van der Waals surface area contributed by atoms with Crippen molar-refractivity contribution in [1.29, 1.82) is 0 Å². The molecule has 2 aromatic rings. The van der Waals surface area contributed by atoms with E-state index < -0.39 is 0 Å². The maximum Gasteiger partial charge on any atom is 0.256 e. The van der Waals surface area contributed by atoms with Crippen molar-refractivity contribution in [2.75, 3.05) is 11.9 Å². The van der Waals surface area contributed by atoms with Gasteiger partial charge in [-0.3, -0.25) is 14.6 Å². The fraction of sp³-hybridized carbons (Fsp3) is 0.188. The Bertz CT molecular complexity index is 712. The van der Waals surface area contributed by atoms with Gasteiger partial charge in [0.15, 0.2) is 0 Å². The van der Waals surface area contributed by atoms with E-state index in [1.807, 2.05) is 24.3 Å². The number of nitrogens with zero attached hydrogens (tertiary/aromatic N) is 2. The second kappa shape index (κ2) is 5.36. The minimum Gasteiger partial charge on any atom is -0.325 e. The topological polar surface area (TPSA) is 62.3 Å². The van der Waals surface area contributed by atoms with Crippen molar-refractivity contribution in [3.05, 3.63) is 59.4 Å². The Morgan fingerprint density at radius 2 is 2.00 bits per heavy atom. The second-order valence-electron chi connectivity index (χ2n) is 5.00. The average molecular weight is 281 g/mol. The zero-order valence-electron chi connectivity index (χ0n) is 11.7. The van der Waals surface area contributed by atoms with Gasteiger partial charge in [-0.15, -0.1) is 0 Å². The van der Waals surface area contributed by atoms with E-state index in [4.69, 9.17) is 0 Å². The van der Waals surface area contributed by atoms with Crippen molar-refractivity contribution >= 4 is 17.5 Å². The molecule has 5 nitrogen and oxygen atoms in total. The third-order valence-electron chi connectivity index (χ3n) is 3.51. The van der Waals surface area contributed by atoms with Gasteiger partial charge < -0.3 is 10.2 Å². The molecule has 1 aliphatic heterocycles. The smallest absolute Gasteiger partial charge is 0.256 e. The number of nitrogens with one attached hydrogen (secondary N) is 1. The molecule has 1 aromatic carbocycles. The Kier molecular flexibility index (Phi) is 3.39. The maximum atomic E-state index is 12.6. The predicted molar refractivity (Wildman–Crippen MR) is 78.8 cm³/mol. The molecule has 21 heavy (non-hydrogen) atoms. The highest BCUT2D eigenvalue weighted by Crippen LogP contribution is 2.21. The highest BCUT2D eigenvalue weighted by Gasteiger charge is 2.24. The summed E-state index contributed by atoms with van der Waals surface area (Å²) in [5, 5.41) is 2.82. The fourth-order valence-corrected chi connectivity index (χ4v) is 2.43. The number of pyridine rings is 1. The number of carbonyl (C=O) groups is 2. The number of carbonyl (C=O) groups excluding carboxylic acids is 2. The summed E-state index contributed by atoms with van der Waals surface area (Å²) in [6, 6.07) is 11.0. The van der Waals surface area contributed by atoms with E-state index in [9.17, 15) is 9.59 Å². The molecular weight excluding hydrogens is 266 g/mol. The van der Waals surface area contributed by atoms with Gasteiger partial charge in [0.2, 0.25) is 5.91 Å². The molecule has 1 N–H and O–H groups in total. The van der Waals surface area contributed by atoms with Gasteiger partial charge in [-0.05, 0) is 30.7 Å². The summed E-state index contributed by atoms with van der Waals surface area (Å²) in [4.78, 5) is 30.3.